The summed E-state index contributed by atoms with van der Waals surface area (Å²) in [5.74, 6) is -0.0850. The van der Waals surface area contributed by atoms with Crippen molar-refractivity contribution in [3.05, 3.63) is 35.9 Å². The molecule has 1 aliphatic heterocycles. The second-order valence-corrected chi connectivity index (χ2v) is 6.09. The zero-order valence-corrected chi connectivity index (χ0v) is 13.2. The van der Waals surface area contributed by atoms with Crippen molar-refractivity contribution in [2.75, 3.05) is 0 Å². The van der Waals surface area contributed by atoms with Gasteiger partial charge in [0, 0.05) is 6.04 Å². The molecule has 1 aromatic carbocycles. The normalized spacial score (nSPS) is 26.1. The molecule has 0 spiro atoms. The Bertz CT molecular complexity index is 527. The number of benzene rings is 1. The second kappa shape index (κ2) is 5.88. The van der Waals surface area contributed by atoms with E-state index in [1.807, 2.05) is 51.1 Å². The third-order valence-electron chi connectivity index (χ3n) is 4.14. The van der Waals surface area contributed by atoms with Gasteiger partial charge in [-0.05, 0) is 32.8 Å². The van der Waals surface area contributed by atoms with Crippen molar-refractivity contribution in [2.24, 2.45) is 0 Å². The third-order valence-corrected chi connectivity index (χ3v) is 4.14. The SMILES string of the molecule is CCCC1C(=O)NC(C)(c2ccccc2)C(=O)N1C(C)C. The molecule has 0 bridgehead atoms. The first-order chi connectivity index (χ1) is 9.91. The van der Waals surface area contributed by atoms with E-state index in [2.05, 4.69) is 5.32 Å². The highest BCUT2D eigenvalue weighted by Crippen LogP contribution is 2.30. The minimum Gasteiger partial charge on any atom is -0.336 e. The van der Waals surface area contributed by atoms with Crippen molar-refractivity contribution >= 4 is 11.8 Å². The molecule has 2 rings (SSSR count). The fourth-order valence-electron chi connectivity index (χ4n) is 3.01. The zero-order valence-electron chi connectivity index (χ0n) is 13.2. The number of nitrogens with zero attached hydrogens (tertiary/aromatic N) is 1. The minimum absolute atomic E-state index is 0.00290. The number of hydrogen-bond acceptors (Lipinski definition) is 2. The van der Waals surface area contributed by atoms with E-state index in [4.69, 9.17) is 0 Å². The highest BCUT2D eigenvalue weighted by molar-refractivity contribution is 6.00. The van der Waals surface area contributed by atoms with Gasteiger partial charge in [-0.1, -0.05) is 43.7 Å². The van der Waals surface area contributed by atoms with E-state index in [0.29, 0.717) is 6.42 Å². The fourth-order valence-corrected chi connectivity index (χ4v) is 3.01. The molecule has 1 fully saturated rings. The Morgan fingerprint density at radius 3 is 2.38 bits per heavy atom. The van der Waals surface area contributed by atoms with Gasteiger partial charge < -0.3 is 10.2 Å². The van der Waals surface area contributed by atoms with Crippen molar-refractivity contribution in [2.45, 2.75) is 58.2 Å². The van der Waals surface area contributed by atoms with Crippen LogP contribution in [-0.4, -0.2) is 28.8 Å². The average Bonchev–Trinajstić information content (AvgIpc) is 2.45. The van der Waals surface area contributed by atoms with Crippen LogP contribution in [0.4, 0.5) is 0 Å². The van der Waals surface area contributed by atoms with E-state index < -0.39 is 5.54 Å². The first kappa shape index (κ1) is 15.5. The van der Waals surface area contributed by atoms with Crippen LogP contribution in [0.3, 0.4) is 0 Å². The van der Waals surface area contributed by atoms with E-state index in [1.165, 1.54) is 0 Å². The number of rotatable bonds is 4. The Balaban J connectivity index is 2.44. The zero-order chi connectivity index (χ0) is 15.6. The molecule has 1 saturated heterocycles. The summed E-state index contributed by atoms with van der Waals surface area (Å²) in [5.41, 5.74) is -0.156. The van der Waals surface area contributed by atoms with Crippen LogP contribution in [0.1, 0.15) is 46.1 Å². The lowest BCUT2D eigenvalue weighted by molar-refractivity contribution is -0.157. The molecule has 0 saturated carbocycles. The van der Waals surface area contributed by atoms with Crippen LogP contribution in [0.5, 0.6) is 0 Å². The lowest BCUT2D eigenvalue weighted by Gasteiger charge is -2.46. The minimum atomic E-state index is -0.979. The topological polar surface area (TPSA) is 49.4 Å². The van der Waals surface area contributed by atoms with Gasteiger partial charge in [0.25, 0.3) is 5.91 Å². The number of carbonyl (C=O) groups is 2. The molecule has 0 aliphatic carbocycles. The van der Waals surface area contributed by atoms with Crippen molar-refractivity contribution in [3.63, 3.8) is 0 Å². The maximum absolute atomic E-state index is 13.0. The molecule has 4 heteroatoms. The standard InChI is InChI=1S/C17H24N2O2/c1-5-9-14-15(20)18-17(4,13-10-7-6-8-11-13)16(21)19(14)12(2)3/h6-8,10-12,14H,5,9H2,1-4H3,(H,18,20). The van der Waals surface area contributed by atoms with E-state index >= 15 is 0 Å². The van der Waals surface area contributed by atoms with Gasteiger partial charge in [-0.3, -0.25) is 9.59 Å². The van der Waals surface area contributed by atoms with Gasteiger partial charge in [0.1, 0.15) is 11.6 Å². The largest absolute Gasteiger partial charge is 0.336 e. The van der Waals surface area contributed by atoms with Crippen molar-refractivity contribution in [1.29, 1.82) is 0 Å². The van der Waals surface area contributed by atoms with Gasteiger partial charge in [0.2, 0.25) is 5.91 Å². The molecule has 1 heterocycles. The van der Waals surface area contributed by atoms with Crippen molar-refractivity contribution < 1.29 is 9.59 Å². The van der Waals surface area contributed by atoms with Crippen LogP contribution in [0, 0.1) is 0 Å². The Kier molecular flexibility index (Phi) is 4.35. The maximum atomic E-state index is 13.0. The fraction of sp³-hybridized carbons (Fsp3) is 0.529. The molecule has 0 radical (unpaired) electrons. The predicted octanol–water partition coefficient (Wildman–Crippen LogP) is 2.44. The van der Waals surface area contributed by atoms with Crippen LogP contribution in [0.15, 0.2) is 30.3 Å². The molecule has 2 unspecified atom stereocenters. The Morgan fingerprint density at radius 1 is 1.24 bits per heavy atom. The number of piperazine rings is 1. The van der Waals surface area contributed by atoms with Gasteiger partial charge >= 0.3 is 0 Å². The lowest BCUT2D eigenvalue weighted by atomic mass is 9.85. The van der Waals surface area contributed by atoms with E-state index in [1.54, 1.807) is 11.8 Å². The van der Waals surface area contributed by atoms with Crippen LogP contribution in [0.25, 0.3) is 0 Å². The lowest BCUT2D eigenvalue weighted by Crippen LogP contribution is -2.68. The number of nitrogens with one attached hydrogen (secondary N) is 1. The molecule has 1 aliphatic rings. The molecule has 0 aromatic heterocycles. The molecule has 114 valence electrons. The summed E-state index contributed by atoms with van der Waals surface area (Å²) in [7, 11) is 0. The first-order valence-electron chi connectivity index (χ1n) is 7.62. The van der Waals surface area contributed by atoms with Crippen molar-refractivity contribution in [3.8, 4) is 0 Å². The number of amides is 2. The van der Waals surface area contributed by atoms with Crippen LogP contribution >= 0.6 is 0 Å². The number of hydrogen-bond donors (Lipinski definition) is 1. The smallest absolute Gasteiger partial charge is 0.253 e. The molecule has 2 atom stereocenters. The summed E-state index contributed by atoms with van der Waals surface area (Å²) in [6.45, 7) is 7.75. The summed E-state index contributed by atoms with van der Waals surface area (Å²) in [6.07, 6.45) is 1.57. The van der Waals surface area contributed by atoms with Crippen molar-refractivity contribution in [1.82, 2.24) is 10.2 Å². The van der Waals surface area contributed by atoms with Gasteiger partial charge in [-0.15, -0.1) is 0 Å². The Morgan fingerprint density at radius 2 is 1.86 bits per heavy atom. The summed E-state index contributed by atoms with van der Waals surface area (Å²) in [5, 5.41) is 2.95. The summed E-state index contributed by atoms with van der Waals surface area (Å²) >= 11 is 0. The van der Waals surface area contributed by atoms with Crippen LogP contribution in [0.2, 0.25) is 0 Å². The molecule has 4 nitrogen and oxygen atoms in total. The predicted molar refractivity (Wildman–Crippen MR) is 82.6 cm³/mol. The molecule has 1 aromatic rings. The Hall–Kier alpha value is -1.84. The van der Waals surface area contributed by atoms with Gasteiger partial charge in [0.15, 0.2) is 0 Å². The Labute approximate surface area is 126 Å². The van der Waals surface area contributed by atoms with E-state index in [0.717, 1.165) is 12.0 Å². The average molecular weight is 288 g/mol. The van der Waals surface area contributed by atoms with Crippen LogP contribution in [-0.2, 0) is 15.1 Å². The molecule has 21 heavy (non-hydrogen) atoms. The first-order valence-corrected chi connectivity index (χ1v) is 7.62. The van der Waals surface area contributed by atoms with Gasteiger partial charge in [-0.25, -0.2) is 0 Å². The number of carbonyl (C=O) groups excluding carboxylic acids is 2. The summed E-state index contributed by atoms with van der Waals surface area (Å²) in [4.78, 5) is 27.3. The van der Waals surface area contributed by atoms with E-state index in [9.17, 15) is 9.59 Å². The maximum Gasteiger partial charge on any atom is 0.253 e. The second-order valence-electron chi connectivity index (χ2n) is 6.09. The molecule has 1 N–H and O–H groups in total. The summed E-state index contributed by atoms with van der Waals surface area (Å²) < 4.78 is 0. The van der Waals surface area contributed by atoms with E-state index in [-0.39, 0.29) is 23.9 Å². The molecule has 2 amide bonds. The highest BCUT2D eigenvalue weighted by Gasteiger charge is 2.49. The van der Waals surface area contributed by atoms with Crippen LogP contribution < -0.4 is 5.32 Å². The summed E-state index contributed by atoms with van der Waals surface area (Å²) in [6, 6.07) is 9.09. The van der Waals surface area contributed by atoms with Gasteiger partial charge in [0.05, 0.1) is 0 Å². The third kappa shape index (κ3) is 2.67. The monoisotopic (exact) mass is 288 g/mol. The molecular formula is C17H24N2O2. The quantitative estimate of drug-likeness (QED) is 0.925. The van der Waals surface area contributed by atoms with Gasteiger partial charge in [-0.2, -0.15) is 0 Å². The molecular weight excluding hydrogens is 264 g/mol. The highest BCUT2D eigenvalue weighted by atomic mass is 16.2.